The minimum absolute atomic E-state index is 0.00357. The van der Waals surface area contributed by atoms with Crippen LogP contribution in [0, 0.1) is 6.92 Å². The Morgan fingerprint density at radius 1 is 1.50 bits per heavy atom. The average Bonchev–Trinajstić information content (AvgIpc) is 2.82. The Labute approximate surface area is 130 Å². The maximum absolute atomic E-state index is 10.8. The predicted octanol–water partition coefficient (Wildman–Crippen LogP) is 3.68. The van der Waals surface area contributed by atoms with Crippen LogP contribution in [0.15, 0.2) is 34.0 Å². The van der Waals surface area contributed by atoms with Gasteiger partial charge in [-0.25, -0.2) is 4.98 Å². The van der Waals surface area contributed by atoms with E-state index in [1.165, 1.54) is 11.8 Å². The fraction of sp³-hybridized carbons (Fsp3) is 0.286. The average molecular weight is 355 g/mol. The van der Waals surface area contributed by atoms with Gasteiger partial charge in [-0.05, 0) is 40.9 Å². The van der Waals surface area contributed by atoms with Crippen LogP contribution >= 0.6 is 27.7 Å². The van der Waals surface area contributed by atoms with Crippen LogP contribution in [-0.2, 0) is 11.2 Å². The highest BCUT2D eigenvalue weighted by Gasteiger charge is 2.15. The van der Waals surface area contributed by atoms with Crippen LogP contribution < -0.4 is 0 Å². The number of rotatable bonds is 5. The minimum Gasteiger partial charge on any atom is -0.481 e. The summed E-state index contributed by atoms with van der Waals surface area (Å²) in [5.74, 6) is -0.838. The lowest BCUT2D eigenvalue weighted by atomic mass is 10.2. The number of carbonyl (C=O) groups is 1. The molecule has 6 heteroatoms. The predicted molar refractivity (Wildman–Crippen MR) is 83.7 cm³/mol. The van der Waals surface area contributed by atoms with Gasteiger partial charge in [0, 0.05) is 16.4 Å². The third-order valence-electron chi connectivity index (χ3n) is 2.90. The second-order valence-corrected chi connectivity index (χ2v) is 6.05. The molecule has 106 valence electrons. The first-order chi connectivity index (χ1) is 9.54. The summed E-state index contributed by atoms with van der Waals surface area (Å²) < 4.78 is 3.02. The van der Waals surface area contributed by atoms with Crippen molar-refractivity contribution in [1.82, 2.24) is 9.55 Å². The molecule has 0 aliphatic rings. The lowest BCUT2D eigenvalue weighted by Crippen LogP contribution is -2.05. The third kappa shape index (κ3) is 3.07. The summed E-state index contributed by atoms with van der Waals surface area (Å²) in [7, 11) is 0. The SMILES string of the molecule is CCc1cnc(SCC(=O)O)n1-c1cccc(C)c1Br. The normalized spacial score (nSPS) is 10.8. The number of nitrogens with zero attached hydrogens (tertiary/aromatic N) is 2. The zero-order valence-corrected chi connectivity index (χ0v) is 13.7. The van der Waals surface area contributed by atoms with Crippen molar-refractivity contribution in [2.24, 2.45) is 0 Å². The van der Waals surface area contributed by atoms with Gasteiger partial charge in [-0.1, -0.05) is 30.8 Å². The molecule has 1 N–H and O–H groups in total. The number of imidazole rings is 1. The Bertz CT molecular complexity index is 640. The molecule has 0 aliphatic heterocycles. The van der Waals surface area contributed by atoms with Crippen LogP contribution in [0.25, 0.3) is 5.69 Å². The lowest BCUT2D eigenvalue weighted by molar-refractivity contribution is -0.133. The fourth-order valence-corrected chi connectivity index (χ4v) is 3.07. The smallest absolute Gasteiger partial charge is 0.313 e. The summed E-state index contributed by atoms with van der Waals surface area (Å²) in [5.41, 5.74) is 3.18. The summed E-state index contributed by atoms with van der Waals surface area (Å²) in [6.45, 7) is 4.09. The second kappa shape index (κ2) is 6.45. The molecule has 0 amide bonds. The third-order valence-corrected chi connectivity index (χ3v) is 4.87. The largest absolute Gasteiger partial charge is 0.481 e. The minimum atomic E-state index is -0.842. The molecule has 0 spiro atoms. The quantitative estimate of drug-likeness (QED) is 0.832. The zero-order chi connectivity index (χ0) is 14.7. The topological polar surface area (TPSA) is 55.1 Å². The van der Waals surface area contributed by atoms with Crippen molar-refractivity contribution >= 4 is 33.7 Å². The number of benzene rings is 1. The van der Waals surface area contributed by atoms with E-state index in [-0.39, 0.29) is 5.75 Å². The number of aromatic nitrogens is 2. The van der Waals surface area contributed by atoms with Gasteiger partial charge in [0.25, 0.3) is 0 Å². The molecule has 0 radical (unpaired) electrons. The number of carboxylic acid groups (broad SMARTS) is 1. The fourth-order valence-electron chi connectivity index (χ4n) is 1.91. The zero-order valence-electron chi connectivity index (χ0n) is 11.3. The summed E-state index contributed by atoms with van der Waals surface area (Å²) in [6, 6.07) is 6.02. The molecule has 0 fully saturated rings. The number of halogens is 1. The molecule has 0 bridgehead atoms. The van der Waals surface area contributed by atoms with E-state index in [2.05, 4.69) is 27.8 Å². The molecule has 0 aliphatic carbocycles. The summed E-state index contributed by atoms with van der Waals surface area (Å²) in [5, 5.41) is 9.54. The molecule has 0 unspecified atom stereocenters. The number of hydrogen-bond donors (Lipinski definition) is 1. The molecular formula is C14H15BrN2O2S. The summed E-state index contributed by atoms with van der Waals surface area (Å²) >= 11 is 4.84. The maximum Gasteiger partial charge on any atom is 0.313 e. The molecule has 20 heavy (non-hydrogen) atoms. The molecule has 1 aromatic carbocycles. The van der Waals surface area contributed by atoms with E-state index < -0.39 is 5.97 Å². The van der Waals surface area contributed by atoms with Gasteiger partial charge in [-0.15, -0.1) is 0 Å². The van der Waals surface area contributed by atoms with Crippen molar-refractivity contribution in [3.8, 4) is 5.69 Å². The van der Waals surface area contributed by atoms with Gasteiger partial charge in [-0.2, -0.15) is 0 Å². The molecule has 1 aromatic heterocycles. The summed E-state index contributed by atoms with van der Waals surface area (Å²) in [6.07, 6.45) is 2.64. The Morgan fingerprint density at radius 3 is 2.90 bits per heavy atom. The molecule has 2 rings (SSSR count). The molecule has 4 nitrogen and oxygen atoms in total. The summed E-state index contributed by atoms with van der Waals surface area (Å²) in [4.78, 5) is 15.1. The monoisotopic (exact) mass is 354 g/mol. The molecule has 1 heterocycles. The van der Waals surface area contributed by atoms with Crippen LogP contribution in [0.1, 0.15) is 18.2 Å². The van der Waals surface area contributed by atoms with Crippen LogP contribution in [0.2, 0.25) is 0 Å². The highest BCUT2D eigenvalue weighted by atomic mass is 79.9. The van der Waals surface area contributed by atoms with Crippen LogP contribution in [-0.4, -0.2) is 26.4 Å². The van der Waals surface area contributed by atoms with E-state index in [4.69, 9.17) is 5.11 Å². The first-order valence-electron chi connectivity index (χ1n) is 6.21. The van der Waals surface area contributed by atoms with Gasteiger partial charge in [0.2, 0.25) is 0 Å². The number of thioether (sulfide) groups is 1. The van der Waals surface area contributed by atoms with Gasteiger partial charge in [0.1, 0.15) is 0 Å². The first-order valence-corrected chi connectivity index (χ1v) is 7.99. The van der Waals surface area contributed by atoms with Crippen molar-refractivity contribution in [2.75, 3.05) is 5.75 Å². The van der Waals surface area contributed by atoms with Crippen LogP contribution in [0.3, 0.4) is 0 Å². The van der Waals surface area contributed by atoms with E-state index in [0.29, 0.717) is 5.16 Å². The molecule has 0 saturated carbocycles. The number of carboxylic acids is 1. The highest BCUT2D eigenvalue weighted by molar-refractivity contribution is 9.10. The highest BCUT2D eigenvalue weighted by Crippen LogP contribution is 2.30. The van der Waals surface area contributed by atoms with Crippen LogP contribution in [0.5, 0.6) is 0 Å². The van der Waals surface area contributed by atoms with E-state index in [0.717, 1.165) is 27.8 Å². The molecule has 0 saturated heterocycles. The maximum atomic E-state index is 10.8. The molecule has 2 aromatic rings. The van der Waals surface area contributed by atoms with Gasteiger partial charge < -0.3 is 5.11 Å². The van der Waals surface area contributed by atoms with Crippen molar-refractivity contribution in [1.29, 1.82) is 0 Å². The number of aliphatic carboxylic acids is 1. The molecule has 0 atom stereocenters. The Balaban J connectivity index is 2.50. The number of hydrogen-bond acceptors (Lipinski definition) is 3. The second-order valence-electron chi connectivity index (χ2n) is 4.31. The molecular weight excluding hydrogens is 340 g/mol. The van der Waals surface area contributed by atoms with Gasteiger partial charge in [-0.3, -0.25) is 9.36 Å². The first kappa shape index (κ1) is 15.1. The Kier molecular flexibility index (Phi) is 4.88. The number of aryl methyl sites for hydroxylation is 2. The Hall–Kier alpha value is -1.27. The van der Waals surface area contributed by atoms with Gasteiger partial charge >= 0.3 is 5.97 Å². The standard InChI is InChI=1S/C14H15BrN2O2S/c1-3-10-7-16-14(20-8-12(18)19)17(10)11-6-4-5-9(2)13(11)15/h4-7H,3,8H2,1-2H3,(H,18,19). The Morgan fingerprint density at radius 2 is 2.25 bits per heavy atom. The van der Waals surface area contributed by atoms with Crippen molar-refractivity contribution in [3.05, 3.63) is 40.1 Å². The van der Waals surface area contributed by atoms with E-state index in [9.17, 15) is 4.79 Å². The van der Waals surface area contributed by atoms with Crippen molar-refractivity contribution in [3.63, 3.8) is 0 Å². The van der Waals surface area contributed by atoms with Crippen LogP contribution in [0.4, 0.5) is 0 Å². The van der Waals surface area contributed by atoms with Crippen molar-refractivity contribution < 1.29 is 9.90 Å². The van der Waals surface area contributed by atoms with E-state index in [1.54, 1.807) is 6.20 Å². The van der Waals surface area contributed by atoms with E-state index in [1.807, 2.05) is 29.7 Å². The lowest BCUT2D eigenvalue weighted by Gasteiger charge is -2.13. The van der Waals surface area contributed by atoms with Gasteiger partial charge in [0.15, 0.2) is 5.16 Å². The van der Waals surface area contributed by atoms with E-state index >= 15 is 0 Å². The van der Waals surface area contributed by atoms with Crippen molar-refractivity contribution in [2.45, 2.75) is 25.4 Å². The van der Waals surface area contributed by atoms with Gasteiger partial charge in [0.05, 0.1) is 11.4 Å².